The number of nitrogens with one attached hydrogen (secondary N) is 2. The first-order chi connectivity index (χ1) is 14.9. The van der Waals surface area contributed by atoms with Crippen LogP contribution in [0.3, 0.4) is 0 Å². The molecule has 0 saturated heterocycles. The second-order valence-electron chi connectivity index (χ2n) is 6.92. The van der Waals surface area contributed by atoms with E-state index in [2.05, 4.69) is 15.6 Å². The highest BCUT2D eigenvalue weighted by molar-refractivity contribution is 5.98. The minimum Gasteiger partial charge on any atom is -0.330 e. The van der Waals surface area contributed by atoms with E-state index < -0.39 is 0 Å². The zero-order valence-corrected chi connectivity index (χ0v) is 17.5. The van der Waals surface area contributed by atoms with E-state index in [4.69, 9.17) is 0 Å². The minimum atomic E-state index is -0.306. The molecule has 0 saturated carbocycles. The number of rotatable bonds is 7. The van der Waals surface area contributed by atoms with E-state index in [-0.39, 0.29) is 24.3 Å². The van der Waals surface area contributed by atoms with Gasteiger partial charge in [0.05, 0.1) is 11.2 Å². The number of para-hydroxylation sites is 1. The average Bonchev–Trinajstić information content (AvgIpc) is 2.76. The number of fused-ring (bicyclic) bond motifs is 1. The number of amides is 3. The summed E-state index contributed by atoms with van der Waals surface area (Å²) in [6.07, 6.45) is 3.08. The van der Waals surface area contributed by atoms with Crippen LogP contribution in [-0.4, -0.2) is 40.7 Å². The number of likely N-dealkylation sites (N-methyl/N-ethyl adjacent to an activating group) is 1. The Bertz CT molecular complexity index is 1120. The van der Waals surface area contributed by atoms with Gasteiger partial charge >= 0.3 is 0 Å². The number of aromatic nitrogens is 1. The Morgan fingerprint density at radius 1 is 0.935 bits per heavy atom. The van der Waals surface area contributed by atoms with Crippen molar-refractivity contribution < 1.29 is 14.4 Å². The largest absolute Gasteiger partial charge is 0.330 e. The number of carbonyl (C=O) groups excluding carboxylic acids is 3. The highest BCUT2D eigenvalue weighted by Crippen LogP contribution is 2.14. The van der Waals surface area contributed by atoms with Gasteiger partial charge in [0.25, 0.3) is 0 Å². The Balaban J connectivity index is 1.58. The van der Waals surface area contributed by atoms with Crippen molar-refractivity contribution in [3.63, 3.8) is 0 Å². The Labute approximate surface area is 180 Å². The topological polar surface area (TPSA) is 91.4 Å². The molecule has 0 atom stereocenters. The molecule has 1 heterocycles. The normalized spacial score (nSPS) is 10.8. The van der Waals surface area contributed by atoms with Crippen molar-refractivity contribution >= 4 is 46.1 Å². The Morgan fingerprint density at radius 2 is 1.61 bits per heavy atom. The third kappa shape index (κ3) is 6.24. The van der Waals surface area contributed by atoms with Gasteiger partial charge in [-0.2, -0.15) is 0 Å². The Hall–Kier alpha value is -4.00. The molecule has 3 aromatic rings. The van der Waals surface area contributed by atoms with Crippen LogP contribution in [0.1, 0.15) is 19.5 Å². The highest BCUT2D eigenvalue weighted by atomic mass is 16.2. The standard InChI is InChI=1S/C24H24N4O3/c1-3-28(16-23(30)27-21-12-10-19(11-13-21)25-17(2)29)24(31)15-14-20-9-8-18-6-4-5-7-22(18)26-20/h4-15H,3,16H2,1-2H3,(H,25,29)(H,27,30)/b15-14+. The summed E-state index contributed by atoms with van der Waals surface area (Å²) in [5.74, 6) is -0.742. The number of carbonyl (C=O) groups is 3. The first-order valence-electron chi connectivity index (χ1n) is 9.95. The molecule has 0 spiro atoms. The number of hydrogen-bond donors (Lipinski definition) is 2. The lowest BCUT2D eigenvalue weighted by molar-refractivity contribution is -0.130. The molecule has 0 aliphatic heterocycles. The van der Waals surface area contributed by atoms with Crippen LogP contribution in [0, 0.1) is 0 Å². The van der Waals surface area contributed by atoms with Gasteiger partial charge in [0.1, 0.15) is 6.54 Å². The van der Waals surface area contributed by atoms with E-state index in [1.165, 1.54) is 17.9 Å². The summed E-state index contributed by atoms with van der Waals surface area (Å²) in [7, 11) is 0. The molecule has 0 bridgehead atoms. The van der Waals surface area contributed by atoms with E-state index in [1.807, 2.05) is 43.3 Å². The predicted molar refractivity (Wildman–Crippen MR) is 122 cm³/mol. The molecular formula is C24H24N4O3. The highest BCUT2D eigenvalue weighted by Gasteiger charge is 2.13. The summed E-state index contributed by atoms with van der Waals surface area (Å²) < 4.78 is 0. The van der Waals surface area contributed by atoms with Crippen molar-refractivity contribution in [2.75, 3.05) is 23.7 Å². The second-order valence-corrected chi connectivity index (χ2v) is 6.92. The lowest BCUT2D eigenvalue weighted by Gasteiger charge is -2.18. The maximum atomic E-state index is 12.5. The number of anilines is 2. The van der Waals surface area contributed by atoms with Crippen LogP contribution < -0.4 is 10.6 Å². The quantitative estimate of drug-likeness (QED) is 0.575. The molecule has 2 N–H and O–H groups in total. The van der Waals surface area contributed by atoms with Crippen molar-refractivity contribution in [3.8, 4) is 0 Å². The first kappa shape index (κ1) is 21.7. The summed E-state index contributed by atoms with van der Waals surface area (Å²) in [4.78, 5) is 41.9. The van der Waals surface area contributed by atoms with Crippen molar-refractivity contribution in [3.05, 3.63) is 72.4 Å². The number of hydrogen-bond acceptors (Lipinski definition) is 4. The zero-order valence-electron chi connectivity index (χ0n) is 17.5. The van der Waals surface area contributed by atoms with E-state index in [9.17, 15) is 14.4 Å². The fourth-order valence-corrected chi connectivity index (χ4v) is 3.00. The van der Waals surface area contributed by atoms with Crippen molar-refractivity contribution in [2.45, 2.75) is 13.8 Å². The Morgan fingerprint density at radius 3 is 2.29 bits per heavy atom. The molecule has 7 heteroatoms. The predicted octanol–water partition coefficient (Wildman–Crippen LogP) is 3.69. The minimum absolute atomic E-state index is 0.0712. The zero-order chi connectivity index (χ0) is 22.2. The lowest BCUT2D eigenvalue weighted by Crippen LogP contribution is -2.36. The third-order valence-corrected chi connectivity index (χ3v) is 4.53. The molecule has 0 aliphatic rings. The van der Waals surface area contributed by atoms with Crippen molar-refractivity contribution in [2.24, 2.45) is 0 Å². The molecular weight excluding hydrogens is 392 g/mol. The molecule has 0 radical (unpaired) electrons. The monoisotopic (exact) mass is 416 g/mol. The van der Waals surface area contributed by atoms with Gasteiger partial charge in [-0.25, -0.2) is 4.98 Å². The fourth-order valence-electron chi connectivity index (χ4n) is 3.00. The average molecular weight is 416 g/mol. The first-order valence-corrected chi connectivity index (χ1v) is 9.95. The smallest absolute Gasteiger partial charge is 0.247 e. The van der Waals surface area contributed by atoms with Gasteiger partial charge in [0.15, 0.2) is 0 Å². The van der Waals surface area contributed by atoms with Crippen LogP contribution in [0.5, 0.6) is 0 Å². The Kier molecular flexibility index (Phi) is 7.11. The summed E-state index contributed by atoms with van der Waals surface area (Å²) >= 11 is 0. The van der Waals surface area contributed by atoms with Crippen LogP contribution in [0.15, 0.2) is 66.7 Å². The van der Waals surface area contributed by atoms with Crippen LogP contribution in [0.4, 0.5) is 11.4 Å². The van der Waals surface area contributed by atoms with E-state index >= 15 is 0 Å². The van der Waals surface area contributed by atoms with Gasteiger partial charge in [-0.15, -0.1) is 0 Å². The summed E-state index contributed by atoms with van der Waals surface area (Å²) in [6.45, 7) is 3.56. The molecule has 0 fully saturated rings. The molecule has 0 aliphatic carbocycles. The molecule has 158 valence electrons. The lowest BCUT2D eigenvalue weighted by atomic mass is 10.2. The van der Waals surface area contributed by atoms with Crippen LogP contribution in [-0.2, 0) is 14.4 Å². The third-order valence-electron chi connectivity index (χ3n) is 4.53. The second kappa shape index (κ2) is 10.2. The molecule has 3 rings (SSSR count). The van der Waals surface area contributed by atoms with Crippen molar-refractivity contribution in [1.82, 2.24) is 9.88 Å². The van der Waals surface area contributed by atoms with Gasteiger partial charge in [-0.3, -0.25) is 14.4 Å². The molecule has 2 aromatic carbocycles. The van der Waals surface area contributed by atoms with Gasteiger partial charge in [0.2, 0.25) is 17.7 Å². The molecule has 0 unspecified atom stereocenters. The van der Waals surface area contributed by atoms with Gasteiger partial charge in [0, 0.05) is 36.3 Å². The summed E-state index contributed by atoms with van der Waals surface area (Å²) in [6, 6.07) is 18.3. The van der Waals surface area contributed by atoms with Crippen molar-refractivity contribution in [1.29, 1.82) is 0 Å². The summed E-state index contributed by atoms with van der Waals surface area (Å²) in [5, 5.41) is 6.45. The number of benzene rings is 2. The van der Waals surface area contributed by atoms with Gasteiger partial charge in [-0.1, -0.05) is 24.3 Å². The summed E-state index contributed by atoms with van der Waals surface area (Å²) in [5.41, 5.74) is 2.75. The van der Waals surface area contributed by atoms with Crippen LogP contribution in [0.2, 0.25) is 0 Å². The number of pyridine rings is 1. The van der Waals surface area contributed by atoms with E-state index in [1.54, 1.807) is 30.3 Å². The SMILES string of the molecule is CCN(CC(=O)Nc1ccc(NC(C)=O)cc1)C(=O)/C=C/c1ccc2ccccc2n1. The fraction of sp³-hybridized carbons (Fsp3) is 0.167. The molecule has 7 nitrogen and oxygen atoms in total. The van der Waals surface area contributed by atoms with Crippen LogP contribution >= 0.6 is 0 Å². The molecule has 31 heavy (non-hydrogen) atoms. The number of nitrogens with zero attached hydrogens (tertiary/aromatic N) is 2. The van der Waals surface area contributed by atoms with Gasteiger partial charge < -0.3 is 15.5 Å². The van der Waals surface area contributed by atoms with Gasteiger partial charge in [-0.05, 0) is 49.4 Å². The molecule has 3 amide bonds. The maximum Gasteiger partial charge on any atom is 0.247 e. The van der Waals surface area contributed by atoms with Crippen LogP contribution in [0.25, 0.3) is 17.0 Å². The van der Waals surface area contributed by atoms with E-state index in [0.717, 1.165) is 10.9 Å². The maximum absolute atomic E-state index is 12.5. The molecule has 1 aromatic heterocycles. The van der Waals surface area contributed by atoms with E-state index in [0.29, 0.717) is 23.6 Å².